The maximum atomic E-state index is 12.3. The summed E-state index contributed by atoms with van der Waals surface area (Å²) >= 11 is 0. The van der Waals surface area contributed by atoms with Crippen LogP contribution < -0.4 is 10.1 Å². The van der Waals surface area contributed by atoms with Crippen molar-refractivity contribution in [1.29, 1.82) is 0 Å². The van der Waals surface area contributed by atoms with E-state index in [0.29, 0.717) is 6.54 Å². The number of ether oxygens (including phenoxy) is 1. The Kier molecular flexibility index (Phi) is 4.40. The van der Waals surface area contributed by atoms with Gasteiger partial charge in [0, 0.05) is 12.2 Å². The number of nitrogens with one attached hydrogen (secondary N) is 1. The van der Waals surface area contributed by atoms with E-state index in [1.54, 1.807) is 10.7 Å². The first-order valence-corrected chi connectivity index (χ1v) is 6.48. The predicted molar refractivity (Wildman–Crippen MR) is 73.1 cm³/mol. The molecule has 21 heavy (non-hydrogen) atoms. The van der Waals surface area contributed by atoms with Crippen molar-refractivity contribution in [3.63, 3.8) is 0 Å². The lowest BCUT2D eigenvalue weighted by Gasteiger charge is -2.14. The monoisotopic (exact) mass is 299 g/mol. The van der Waals surface area contributed by atoms with Crippen molar-refractivity contribution in [3.8, 4) is 5.75 Å². The fourth-order valence-corrected chi connectivity index (χ4v) is 1.77. The zero-order valence-corrected chi connectivity index (χ0v) is 11.7. The number of anilines is 1. The molecule has 0 unspecified atom stereocenters. The molecular weight excluding hydrogens is 283 g/mol. The molecule has 0 spiro atoms. The van der Waals surface area contributed by atoms with Crippen LogP contribution in [0.3, 0.4) is 0 Å². The highest BCUT2D eigenvalue weighted by molar-refractivity contribution is 5.56. The summed E-state index contributed by atoms with van der Waals surface area (Å²) in [5.74, 6) is -0.256. The van der Waals surface area contributed by atoms with Gasteiger partial charge in [-0.2, -0.15) is 5.10 Å². The molecule has 114 valence electrons. The summed E-state index contributed by atoms with van der Waals surface area (Å²) in [7, 11) is 0. The molecule has 0 atom stereocenters. The molecule has 0 aliphatic heterocycles. The predicted octanol–water partition coefficient (Wildman–Crippen LogP) is 3.97. The molecular formula is C14H16F3N3O. The molecule has 2 aromatic rings. The van der Waals surface area contributed by atoms with E-state index in [1.165, 1.54) is 18.2 Å². The van der Waals surface area contributed by atoms with Crippen LogP contribution in [0.2, 0.25) is 0 Å². The highest BCUT2D eigenvalue weighted by atomic mass is 19.4. The molecule has 1 aromatic carbocycles. The smallest absolute Gasteiger partial charge is 0.404 e. The zero-order valence-electron chi connectivity index (χ0n) is 11.7. The third-order valence-electron chi connectivity index (χ3n) is 2.77. The maximum Gasteiger partial charge on any atom is 0.573 e. The van der Waals surface area contributed by atoms with Crippen LogP contribution in [0.5, 0.6) is 5.75 Å². The van der Waals surface area contributed by atoms with E-state index in [-0.39, 0.29) is 17.5 Å². The lowest BCUT2D eigenvalue weighted by Crippen LogP contribution is -2.18. The van der Waals surface area contributed by atoms with Gasteiger partial charge >= 0.3 is 6.36 Å². The van der Waals surface area contributed by atoms with Crippen molar-refractivity contribution >= 4 is 5.69 Å². The van der Waals surface area contributed by atoms with Gasteiger partial charge in [-0.25, -0.2) is 0 Å². The fourth-order valence-electron chi connectivity index (χ4n) is 1.77. The first-order valence-electron chi connectivity index (χ1n) is 6.48. The Morgan fingerprint density at radius 1 is 1.24 bits per heavy atom. The van der Waals surface area contributed by atoms with Crippen molar-refractivity contribution in [3.05, 3.63) is 42.2 Å². The van der Waals surface area contributed by atoms with Crippen LogP contribution in [0.4, 0.5) is 18.9 Å². The lowest BCUT2D eigenvalue weighted by atomic mass is 10.3. The highest BCUT2D eigenvalue weighted by Crippen LogP contribution is 2.30. The molecule has 0 aliphatic rings. The summed E-state index contributed by atoms with van der Waals surface area (Å²) in [5, 5.41) is 7.22. The van der Waals surface area contributed by atoms with Gasteiger partial charge in [-0.05, 0) is 32.0 Å². The van der Waals surface area contributed by atoms with Gasteiger partial charge in [-0.3, -0.25) is 4.68 Å². The number of benzene rings is 1. The molecule has 0 aliphatic carbocycles. The molecule has 0 saturated heterocycles. The minimum atomic E-state index is -4.71. The van der Waals surface area contributed by atoms with Crippen LogP contribution in [-0.4, -0.2) is 16.1 Å². The average molecular weight is 299 g/mol. The van der Waals surface area contributed by atoms with Crippen molar-refractivity contribution in [1.82, 2.24) is 9.78 Å². The van der Waals surface area contributed by atoms with Crippen LogP contribution in [0.1, 0.15) is 25.6 Å². The number of alkyl halides is 3. The van der Waals surface area contributed by atoms with E-state index >= 15 is 0 Å². The SMILES string of the molecule is CC(C)n1ccc(CNc2ccccc2OC(F)(F)F)n1. The Labute approximate surface area is 120 Å². The number of hydrogen-bond donors (Lipinski definition) is 1. The topological polar surface area (TPSA) is 39.1 Å². The number of hydrogen-bond acceptors (Lipinski definition) is 3. The molecule has 0 saturated carbocycles. The summed E-state index contributed by atoms with van der Waals surface area (Å²) in [4.78, 5) is 0. The number of rotatable bonds is 5. The van der Waals surface area contributed by atoms with E-state index in [0.717, 1.165) is 5.69 Å². The van der Waals surface area contributed by atoms with E-state index in [1.807, 2.05) is 26.1 Å². The van der Waals surface area contributed by atoms with Crippen LogP contribution in [0.15, 0.2) is 36.5 Å². The minimum Gasteiger partial charge on any atom is -0.404 e. The van der Waals surface area contributed by atoms with Crippen molar-refractivity contribution < 1.29 is 17.9 Å². The van der Waals surface area contributed by atoms with Crippen LogP contribution in [0, 0.1) is 0 Å². The molecule has 0 radical (unpaired) electrons. The van der Waals surface area contributed by atoms with Gasteiger partial charge in [0.15, 0.2) is 5.75 Å². The number of nitrogens with zero attached hydrogens (tertiary/aromatic N) is 2. The Hall–Kier alpha value is -2.18. The summed E-state index contributed by atoms with van der Waals surface area (Å²) in [6.45, 7) is 4.31. The summed E-state index contributed by atoms with van der Waals surface area (Å²) in [6.07, 6.45) is -2.88. The van der Waals surface area contributed by atoms with Crippen LogP contribution >= 0.6 is 0 Å². The highest BCUT2D eigenvalue weighted by Gasteiger charge is 2.32. The largest absolute Gasteiger partial charge is 0.573 e. The molecule has 1 heterocycles. The van der Waals surface area contributed by atoms with E-state index in [2.05, 4.69) is 15.2 Å². The number of para-hydroxylation sites is 2. The van der Waals surface area contributed by atoms with Gasteiger partial charge in [0.1, 0.15) is 0 Å². The fraction of sp³-hybridized carbons (Fsp3) is 0.357. The van der Waals surface area contributed by atoms with Crippen molar-refractivity contribution in [2.45, 2.75) is 32.8 Å². The van der Waals surface area contributed by atoms with Crippen LogP contribution in [-0.2, 0) is 6.54 Å². The molecule has 1 N–H and O–H groups in total. The normalized spacial score (nSPS) is 11.7. The third kappa shape index (κ3) is 4.40. The first kappa shape index (κ1) is 15.2. The molecule has 0 fully saturated rings. The van der Waals surface area contributed by atoms with Gasteiger partial charge in [-0.15, -0.1) is 13.2 Å². The van der Waals surface area contributed by atoms with E-state index in [4.69, 9.17) is 0 Å². The Balaban J connectivity index is 2.05. The quantitative estimate of drug-likeness (QED) is 0.908. The van der Waals surface area contributed by atoms with Crippen molar-refractivity contribution in [2.24, 2.45) is 0 Å². The minimum absolute atomic E-state index is 0.236. The molecule has 1 aromatic heterocycles. The summed E-state index contributed by atoms with van der Waals surface area (Å²) < 4.78 is 42.7. The number of aromatic nitrogens is 2. The molecule has 4 nitrogen and oxygen atoms in total. The molecule has 2 rings (SSSR count). The van der Waals surface area contributed by atoms with Gasteiger partial charge in [0.2, 0.25) is 0 Å². The summed E-state index contributed by atoms with van der Waals surface area (Å²) in [5.41, 5.74) is 1.01. The Bertz CT molecular complexity index is 593. The number of halogens is 3. The lowest BCUT2D eigenvalue weighted by molar-refractivity contribution is -0.274. The Morgan fingerprint density at radius 2 is 1.95 bits per heavy atom. The van der Waals surface area contributed by atoms with Crippen molar-refractivity contribution in [2.75, 3.05) is 5.32 Å². The average Bonchev–Trinajstić information content (AvgIpc) is 2.85. The van der Waals surface area contributed by atoms with Gasteiger partial charge in [-0.1, -0.05) is 12.1 Å². The third-order valence-corrected chi connectivity index (χ3v) is 2.77. The molecule has 0 bridgehead atoms. The first-order chi connectivity index (χ1) is 9.85. The second-order valence-electron chi connectivity index (χ2n) is 4.78. The maximum absolute atomic E-state index is 12.3. The molecule has 0 amide bonds. The second kappa shape index (κ2) is 6.07. The van der Waals surface area contributed by atoms with E-state index < -0.39 is 6.36 Å². The molecule has 7 heteroatoms. The van der Waals surface area contributed by atoms with Gasteiger partial charge < -0.3 is 10.1 Å². The van der Waals surface area contributed by atoms with Gasteiger partial charge in [0.25, 0.3) is 0 Å². The van der Waals surface area contributed by atoms with Gasteiger partial charge in [0.05, 0.1) is 17.9 Å². The zero-order chi connectivity index (χ0) is 15.5. The Morgan fingerprint density at radius 3 is 2.57 bits per heavy atom. The standard InChI is InChI=1S/C14H16F3N3O/c1-10(2)20-8-7-11(19-20)9-18-12-5-3-4-6-13(12)21-14(15,16)17/h3-8,10,18H,9H2,1-2H3. The van der Waals surface area contributed by atoms with E-state index in [9.17, 15) is 13.2 Å². The summed E-state index contributed by atoms with van der Waals surface area (Å²) in [6, 6.07) is 7.97. The van der Waals surface area contributed by atoms with Crippen LogP contribution in [0.25, 0.3) is 0 Å². The second-order valence-corrected chi connectivity index (χ2v) is 4.78.